The molecule has 0 bridgehead atoms. The zero-order valence-corrected chi connectivity index (χ0v) is 16.2. The van der Waals surface area contributed by atoms with Gasteiger partial charge >= 0.3 is 5.97 Å². The molecule has 7 nitrogen and oxygen atoms in total. The largest absolute Gasteiger partial charge is 0.497 e. The molecule has 0 fully saturated rings. The van der Waals surface area contributed by atoms with Crippen LogP contribution in [0.3, 0.4) is 0 Å². The van der Waals surface area contributed by atoms with Crippen molar-refractivity contribution in [2.75, 3.05) is 14.2 Å². The van der Waals surface area contributed by atoms with Gasteiger partial charge in [-0.15, -0.1) is 10.2 Å². The van der Waals surface area contributed by atoms with Crippen molar-refractivity contribution < 1.29 is 18.7 Å². The molecule has 2 aromatic carbocycles. The summed E-state index contributed by atoms with van der Waals surface area (Å²) < 4.78 is 26.1. The number of halogens is 1. The number of aliphatic imine (C=N–C) groups is 1. The maximum atomic E-state index is 14.0. The van der Waals surface area contributed by atoms with Gasteiger partial charge in [-0.1, -0.05) is 12.1 Å². The second-order valence-corrected chi connectivity index (χ2v) is 6.61. The number of rotatable bonds is 4. The molecule has 0 radical (unpaired) electrons. The van der Waals surface area contributed by atoms with Gasteiger partial charge in [0.25, 0.3) is 0 Å². The molecule has 1 aromatic heterocycles. The van der Waals surface area contributed by atoms with Crippen LogP contribution in [-0.4, -0.2) is 40.7 Å². The number of esters is 1. The Labute approximate surface area is 166 Å². The Morgan fingerprint density at radius 2 is 2.00 bits per heavy atom. The molecule has 1 aliphatic rings. The van der Waals surface area contributed by atoms with Crippen molar-refractivity contribution in [2.24, 2.45) is 4.99 Å². The average molecular weight is 394 g/mol. The Kier molecular flexibility index (Phi) is 4.84. The molecular weight excluding hydrogens is 375 g/mol. The molecule has 0 N–H and O–H groups in total. The minimum atomic E-state index is -0.639. The first-order chi connectivity index (χ1) is 14.0. The van der Waals surface area contributed by atoms with Crippen molar-refractivity contribution in [3.8, 4) is 11.4 Å². The van der Waals surface area contributed by atoms with Gasteiger partial charge in [0.2, 0.25) is 0 Å². The van der Waals surface area contributed by atoms with Crippen LogP contribution < -0.4 is 4.74 Å². The zero-order valence-electron chi connectivity index (χ0n) is 16.2. The number of aryl methyl sites for hydroxylation is 1. The lowest BCUT2D eigenvalue weighted by Crippen LogP contribution is -2.12. The maximum Gasteiger partial charge on any atom is 0.308 e. The summed E-state index contributed by atoms with van der Waals surface area (Å²) in [5.41, 5.74) is 2.63. The minimum absolute atomic E-state index is 0.0153. The van der Waals surface area contributed by atoms with Gasteiger partial charge in [0.05, 0.1) is 32.0 Å². The summed E-state index contributed by atoms with van der Waals surface area (Å²) in [6.45, 7) is 1.83. The van der Waals surface area contributed by atoms with Gasteiger partial charge in [-0.25, -0.2) is 4.39 Å². The number of aromatic nitrogens is 3. The number of hydrogen-bond acceptors (Lipinski definition) is 6. The van der Waals surface area contributed by atoms with E-state index in [2.05, 4.69) is 10.2 Å². The first-order valence-electron chi connectivity index (χ1n) is 9.03. The number of ether oxygens (including phenoxy) is 2. The van der Waals surface area contributed by atoms with E-state index in [0.29, 0.717) is 28.7 Å². The highest BCUT2D eigenvalue weighted by atomic mass is 19.1. The number of carbonyl (C=O) groups is 1. The topological polar surface area (TPSA) is 78.6 Å². The van der Waals surface area contributed by atoms with E-state index in [1.165, 1.54) is 19.2 Å². The molecule has 148 valence electrons. The number of methoxy groups -OCH3 is 2. The highest BCUT2D eigenvalue weighted by Crippen LogP contribution is 2.34. The molecule has 0 saturated heterocycles. The Morgan fingerprint density at radius 1 is 1.17 bits per heavy atom. The predicted octanol–water partition coefficient (Wildman–Crippen LogP) is 3.18. The molecule has 4 rings (SSSR count). The van der Waals surface area contributed by atoms with E-state index in [0.717, 1.165) is 11.3 Å². The molecule has 0 amide bonds. The zero-order chi connectivity index (χ0) is 20.5. The van der Waals surface area contributed by atoms with Crippen molar-refractivity contribution in [3.05, 3.63) is 71.1 Å². The van der Waals surface area contributed by atoms with Crippen LogP contribution in [0, 0.1) is 12.7 Å². The third-order valence-corrected chi connectivity index (χ3v) is 4.82. The number of benzene rings is 2. The molecule has 3 aromatic rings. The van der Waals surface area contributed by atoms with Crippen LogP contribution in [0.15, 0.2) is 47.5 Å². The normalized spacial score (nSPS) is 15.0. The van der Waals surface area contributed by atoms with Gasteiger partial charge in [-0.05, 0) is 37.3 Å². The highest BCUT2D eigenvalue weighted by molar-refractivity contribution is 6.15. The van der Waals surface area contributed by atoms with Crippen molar-refractivity contribution in [1.29, 1.82) is 0 Å². The molecule has 8 heteroatoms. The van der Waals surface area contributed by atoms with Crippen LogP contribution in [0.4, 0.5) is 4.39 Å². The van der Waals surface area contributed by atoms with Crippen LogP contribution in [-0.2, 0) is 9.53 Å². The maximum absolute atomic E-state index is 14.0. The van der Waals surface area contributed by atoms with E-state index in [9.17, 15) is 9.18 Å². The first-order valence-corrected chi connectivity index (χ1v) is 9.03. The Morgan fingerprint density at radius 3 is 2.72 bits per heavy atom. The summed E-state index contributed by atoms with van der Waals surface area (Å²) in [4.78, 5) is 16.9. The van der Waals surface area contributed by atoms with Gasteiger partial charge in [0.1, 0.15) is 23.4 Å². The van der Waals surface area contributed by atoms with Crippen molar-refractivity contribution in [2.45, 2.75) is 19.4 Å². The van der Waals surface area contributed by atoms with Crippen molar-refractivity contribution in [1.82, 2.24) is 14.8 Å². The van der Waals surface area contributed by atoms with E-state index in [1.807, 2.05) is 29.7 Å². The third kappa shape index (κ3) is 3.37. The monoisotopic (exact) mass is 394 g/mol. The van der Waals surface area contributed by atoms with Crippen LogP contribution in [0.25, 0.3) is 5.69 Å². The van der Waals surface area contributed by atoms with E-state index >= 15 is 0 Å². The van der Waals surface area contributed by atoms with Crippen molar-refractivity contribution >= 4 is 11.7 Å². The molecule has 0 spiro atoms. The average Bonchev–Trinajstić information content (AvgIpc) is 3.05. The molecule has 29 heavy (non-hydrogen) atoms. The van der Waals surface area contributed by atoms with Crippen LogP contribution in [0.5, 0.6) is 5.75 Å². The fraction of sp³-hybridized carbons (Fsp3) is 0.238. The minimum Gasteiger partial charge on any atom is -0.497 e. The van der Waals surface area contributed by atoms with Gasteiger partial charge < -0.3 is 9.47 Å². The molecule has 1 atom stereocenters. The van der Waals surface area contributed by atoms with Gasteiger partial charge in [0.15, 0.2) is 5.82 Å². The van der Waals surface area contributed by atoms with Gasteiger partial charge in [0, 0.05) is 11.1 Å². The quantitative estimate of drug-likeness (QED) is 0.635. The predicted molar refractivity (Wildman–Crippen MR) is 104 cm³/mol. The van der Waals surface area contributed by atoms with Crippen LogP contribution >= 0.6 is 0 Å². The summed E-state index contributed by atoms with van der Waals surface area (Å²) in [7, 11) is 2.90. The number of nitrogens with zero attached hydrogens (tertiary/aromatic N) is 4. The molecular formula is C21H19FN4O3. The van der Waals surface area contributed by atoms with E-state index < -0.39 is 12.0 Å². The Bertz CT molecular complexity index is 1120. The van der Waals surface area contributed by atoms with Gasteiger partial charge in [-0.2, -0.15) is 0 Å². The smallest absolute Gasteiger partial charge is 0.308 e. The second kappa shape index (κ2) is 7.46. The molecule has 1 aliphatic heterocycles. The summed E-state index contributed by atoms with van der Waals surface area (Å²) in [5.74, 6) is 1.00. The van der Waals surface area contributed by atoms with E-state index in [4.69, 9.17) is 14.5 Å². The molecule has 0 unspecified atom stereocenters. The standard InChI is InChI=1S/C21H19FN4O3/c1-12-24-25-21-17(11-19(27)29-3)23-20(13-5-4-6-14(22)9-13)16-10-15(28-2)7-8-18(16)26(12)21/h4-10,17H,11H2,1-3H3/t17-/m0/s1. The molecule has 0 saturated carbocycles. The lowest BCUT2D eigenvalue weighted by molar-refractivity contribution is -0.141. The summed E-state index contributed by atoms with van der Waals surface area (Å²) in [5, 5.41) is 8.44. The van der Waals surface area contributed by atoms with E-state index in [1.54, 1.807) is 19.2 Å². The van der Waals surface area contributed by atoms with Crippen LogP contribution in [0.1, 0.15) is 35.2 Å². The lowest BCUT2D eigenvalue weighted by Gasteiger charge is -2.14. The summed E-state index contributed by atoms with van der Waals surface area (Å²) in [6, 6.07) is 11.1. The summed E-state index contributed by atoms with van der Waals surface area (Å²) >= 11 is 0. The molecule has 2 heterocycles. The fourth-order valence-electron chi connectivity index (χ4n) is 3.45. The third-order valence-electron chi connectivity index (χ3n) is 4.82. The van der Waals surface area contributed by atoms with Gasteiger partial charge in [-0.3, -0.25) is 14.4 Å². The Balaban J connectivity index is 2.01. The summed E-state index contributed by atoms with van der Waals surface area (Å²) in [6.07, 6.45) is -0.0153. The number of fused-ring (bicyclic) bond motifs is 3. The first kappa shape index (κ1) is 18.8. The van der Waals surface area contributed by atoms with E-state index in [-0.39, 0.29) is 12.2 Å². The number of hydrogen-bond donors (Lipinski definition) is 0. The number of carbonyl (C=O) groups excluding carboxylic acids is 1. The van der Waals surface area contributed by atoms with Crippen LogP contribution in [0.2, 0.25) is 0 Å². The lowest BCUT2D eigenvalue weighted by atomic mass is 9.99. The Hall–Kier alpha value is -3.55. The second-order valence-electron chi connectivity index (χ2n) is 6.61. The van der Waals surface area contributed by atoms with Crippen molar-refractivity contribution in [3.63, 3.8) is 0 Å². The SMILES string of the molecule is COC(=O)C[C@@H]1N=C(c2cccc(F)c2)c2cc(OC)ccc2-n2c(C)nnc21. The molecule has 0 aliphatic carbocycles. The highest BCUT2D eigenvalue weighted by Gasteiger charge is 2.30. The fourth-order valence-corrected chi connectivity index (χ4v) is 3.45.